The normalized spacial score (nSPS) is 10.1. The lowest BCUT2D eigenvalue weighted by molar-refractivity contribution is -0.116. The van der Waals surface area contributed by atoms with Crippen LogP contribution in [-0.4, -0.2) is 18.1 Å². The first-order valence-corrected chi connectivity index (χ1v) is 7.84. The number of halogens is 1. The maximum absolute atomic E-state index is 11.3. The number of nitrogens with one attached hydrogen (secondary N) is 2. The predicted molar refractivity (Wildman–Crippen MR) is 102 cm³/mol. The minimum atomic E-state index is -0.0145. The van der Waals surface area contributed by atoms with Gasteiger partial charge in [0.1, 0.15) is 0 Å². The highest BCUT2D eigenvalue weighted by atomic mass is 35.5. The minimum absolute atomic E-state index is 0.0145. The molecule has 2 aromatic rings. The zero-order valence-corrected chi connectivity index (χ0v) is 14.8. The molecule has 0 bridgehead atoms. The van der Waals surface area contributed by atoms with Gasteiger partial charge in [0.05, 0.1) is 0 Å². The monoisotopic (exact) mass is 347 g/mol. The number of thiocarbonyl (C=S) groups is 1. The average Bonchev–Trinajstić information content (AvgIpc) is 2.51. The van der Waals surface area contributed by atoms with E-state index in [9.17, 15) is 4.79 Å². The number of carbonyl (C=O) groups excluding carboxylic acids is 1. The molecule has 0 aromatic heterocycles. The Labute approximate surface area is 146 Å². The van der Waals surface area contributed by atoms with Crippen LogP contribution in [0.25, 0.3) is 0 Å². The molecular weight excluding hydrogens is 330 g/mol. The highest BCUT2D eigenvalue weighted by Crippen LogP contribution is 2.21. The highest BCUT2D eigenvalue weighted by Gasteiger charge is 2.06. The number of anilines is 3. The maximum Gasteiger partial charge on any atom is 0.223 e. The second kappa shape index (κ2) is 7.44. The number of benzene rings is 2. The molecule has 0 saturated heterocycles. The summed E-state index contributed by atoms with van der Waals surface area (Å²) in [5, 5.41) is 7.36. The van der Waals surface area contributed by atoms with E-state index in [0.717, 1.165) is 22.6 Å². The summed E-state index contributed by atoms with van der Waals surface area (Å²) in [7, 11) is 1.73. The van der Waals surface area contributed by atoms with Crippen molar-refractivity contribution < 1.29 is 4.79 Å². The first kappa shape index (κ1) is 17.2. The van der Waals surface area contributed by atoms with Crippen LogP contribution in [0.2, 0.25) is 5.02 Å². The summed E-state index contributed by atoms with van der Waals surface area (Å²) in [4.78, 5) is 12.9. The van der Waals surface area contributed by atoms with E-state index in [2.05, 4.69) is 10.6 Å². The van der Waals surface area contributed by atoms with Gasteiger partial charge in [0.25, 0.3) is 0 Å². The van der Waals surface area contributed by atoms with E-state index >= 15 is 0 Å². The highest BCUT2D eigenvalue weighted by molar-refractivity contribution is 7.80. The van der Waals surface area contributed by atoms with Crippen LogP contribution in [0.4, 0.5) is 17.1 Å². The number of rotatable bonds is 3. The summed E-state index contributed by atoms with van der Waals surface area (Å²) in [6.45, 7) is 3.51. The largest absolute Gasteiger partial charge is 0.332 e. The van der Waals surface area contributed by atoms with Crippen molar-refractivity contribution in [2.24, 2.45) is 0 Å². The van der Waals surface area contributed by atoms with Gasteiger partial charge in [-0.2, -0.15) is 0 Å². The fourth-order valence-electron chi connectivity index (χ4n) is 1.96. The van der Waals surface area contributed by atoms with Crippen LogP contribution in [0.15, 0.2) is 42.5 Å². The molecule has 0 unspecified atom stereocenters. The molecule has 2 N–H and O–H groups in total. The molecule has 0 aliphatic heterocycles. The van der Waals surface area contributed by atoms with Gasteiger partial charge in [-0.15, -0.1) is 0 Å². The lowest BCUT2D eigenvalue weighted by atomic mass is 10.2. The molecule has 120 valence electrons. The number of amides is 1. The fourth-order valence-corrected chi connectivity index (χ4v) is 2.36. The lowest BCUT2D eigenvalue weighted by Gasteiger charge is -2.16. The Balaban J connectivity index is 2.03. The zero-order chi connectivity index (χ0) is 17.0. The zero-order valence-electron chi connectivity index (χ0n) is 13.2. The van der Waals surface area contributed by atoms with Crippen molar-refractivity contribution in [3.8, 4) is 0 Å². The van der Waals surface area contributed by atoms with Gasteiger partial charge in [-0.1, -0.05) is 17.7 Å². The third-order valence-electron chi connectivity index (χ3n) is 3.43. The summed E-state index contributed by atoms with van der Waals surface area (Å²) in [5.74, 6) is -0.0145. The number of hydrogen-bond acceptors (Lipinski definition) is 2. The van der Waals surface area contributed by atoms with Crippen molar-refractivity contribution in [1.29, 1.82) is 0 Å². The van der Waals surface area contributed by atoms with Crippen molar-refractivity contribution in [3.05, 3.63) is 53.1 Å². The molecule has 0 aliphatic rings. The molecular formula is C17H18ClN3OS. The molecule has 0 spiro atoms. The van der Waals surface area contributed by atoms with Crippen LogP contribution in [0.3, 0.4) is 0 Å². The molecule has 4 nitrogen and oxygen atoms in total. The molecule has 0 fully saturated rings. The molecule has 0 radical (unpaired) electrons. The molecule has 0 atom stereocenters. The molecule has 0 saturated carbocycles. The van der Waals surface area contributed by atoms with Crippen LogP contribution in [0.5, 0.6) is 0 Å². The van der Waals surface area contributed by atoms with E-state index in [1.807, 2.05) is 49.4 Å². The second-order valence-corrected chi connectivity index (χ2v) is 6.01. The molecule has 0 aliphatic carbocycles. The maximum atomic E-state index is 11.3. The third kappa shape index (κ3) is 4.68. The van der Waals surface area contributed by atoms with E-state index in [1.165, 1.54) is 6.92 Å². The second-order valence-electron chi connectivity index (χ2n) is 5.16. The van der Waals surface area contributed by atoms with Gasteiger partial charge in [-0.25, -0.2) is 0 Å². The topological polar surface area (TPSA) is 44.4 Å². The van der Waals surface area contributed by atoms with Crippen molar-refractivity contribution >= 4 is 51.9 Å². The number of hydrogen-bond donors (Lipinski definition) is 2. The minimum Gasteiger partial charge on any atom is -0.332 e. The van der Waals surface area contributed by atoms with Crippen LogP contribution in [0, 0.1) is 6.92 Å². The summed E-state index contributed by atoms with van der Waals surface area (Å²) in [5.41, 5.74) is 3.58. The molecule has 2 rings (SSSR count). The van der Waals surface area contributed by atoms with E-state index in [0.29, 0.717) is 10.1 Å². The lowest BCUT2D eigenvalue weighted by Crippen LogP contribution is -2.23. The first-order valence-electron chi connectivity index (χ1n) is 7.05. The van der Waals surface area contributed by atoms with Crippen molar-refractivity contribution in [2.75, 3.05) is 22.6 Å². The average molecular weight is 348 g/mol. The summed E-state index contributed by atoms with van der Waals surface area (Å²) >= 11 is 11.3. The molecule has 1 amide bonds. The first-order chi connectivity index (χ1) is 10.9. The van der Waals surface area contributed by atoms with E-state index in [1.54, 1.807) is 11.9 Å². The standard InChI is InChI=1S/C17H18ClN3OS/c1-11-4-5-13(18)10-16(11)20-17(23)19-14-6-8-15(9-7-14)21(3)12(2)22/h4-10H,1-3H3,(H2,19,20,23). The molecule has 23 heavy (non-hydrogen) atoms. The SMILES string of the molecule is CC(=O)N(C)c1ccc(NC(=S)Nc2cc(Cl)ccc2C)cc1. The Morgan fingerprint density at radius 3 is 2.39 bits per heavy atom. The number of carbonyl (C=O) groups is 1. The Hall–Kier alpha value is -2.11. The fraction of sp³-hybridized carbons (Fsp3) is 0.176. The van der Waals surface area contributed by atoms with Crippen LogP contribution < -0.4 is 15.5 Å². The Morgan fingerprint density at radius 1 is 1.13 bits per heavy atom. The molecule has 6 heteroatoms. The number of nitrogens with zero attached hydrogens (tertiary/aromatic N) is 1. The summed E-state index contributed by atoms with van der Waals surface area (Å²) in [6.07, 6.45) is 0. The van der Waals surface area contributed by atoms with Crippen molar-refractivity contribution in [3.63, 3.8) is 0 Å². The van der Waals surface area contributed by atoms with E-state index in [-0.39, 0.29) is 5.91 Å². The van der Waals surface area contributed by atoms with Crippen LogP contribution in [0.1, 0.15) is 12.5 Å². The molecule has 0 heterocycles. The van der Waals surface area contributed by atoms with Crippen molar-refractivity contribution in [1.82, 2.24) is 0 Å². The van der Waals surface area contributed by atoms with Gasteiger partial charge in [0, 0.05) is 36.1 Å². The number of aryl methyl sites for hydroxylation is 1. The van der Waals surface area contributed by atoms with Gasteiger partial charge in [-0.3, -0.25) is 4.79 Å². The van der Waals surface area contributed by atoms with Crippen LogP contribution >= 0.6 is 23.8 Å². The van der Waals surface area contributed by atoms with Gasteiger partial charge in [0.15, 0.2) is 5.11 Å². The van der Waals surface area contributed by atoms with E-state index < -0.39 is 0 Å². The Bertz CT molecular complexity index is 731. The van der Waals surface area contributed by atoms with Crippen LogP contribution in [-0.2, 0) is 4.79 Å². The van der Waals surface area contributed by atoms with Gasteiger partial charge < -0.3 is 15.5 Å². The van der Waals surface area contributed by atoms with Crippen molar-refractivity contribution in [2.45, 2.75) is 13.8 Å². The summed E-state index contributed by atoms with van der Waals surface area (Å²) < 4.78 is 0. The van der Waals surface area contributed by atoms with Gasteiger partial charge >= 0.3 is 0 Å². The predicted octanol–water partition coefficient (Wildman–Crippen LogP) is 4.44. The summed E-state index contributed by atoms with van der Waals surface area (Å²) in [6, 6.07) is 13.0. The van der Waals surface area contributed by atoms with Gasteiger partial charge in [0.2, 0.25) is 5.91 Å². The molecule has 2 aromatic carbocycles. The van der Waals surface area contributed by atoms with E-state index in [4.69, 9.17) is 23.8 Å². The Morgan fingerprint density at radius 2 is 1.78 bits per heavy atom. The quantitative estimate of drug-likeness (QED) is 0.806. The smallest absolute Gasteiger partial charge is 0.223 e. The third-order valence-corrected chi connectivity index (χ3v) is 3.87. The Kier molecular flexibility index (Phi) is 5.58. The van der Waals surface area contributed by atoms with Gasteiger partial charge in [-0.05, 0) is 61.1 Å².